The molecule has 1 fully saturated rings. The van der Waals surface area contributed by atoms with E-state index in [-0.39, 0.29) is 12.5 Å². The van der Waals surface area contributed by atoms with E-state index in [0.717, 1.165) is 6.54 Å². The quantitative estimate of drug-likeness (QED) is 0.710. The molecule has 0 aromatic heterocycles. The van der Waals surface area contributed by atoms with Crippen LogP contribution in [0.3, 0.4) is 0 Å². The average Bonchev–Trinajstić information content (AvgIpc) is 2.63. The summed E-state index contributed by atoms with van der Waals surface area (Å²) < 4.78 is 4.87. The molecule has 17 heavy (non-hydrogen) atoms. The Morgan fingerprint density at radius 1 is 1.53 bits per heavy atom. The van der Waals surface area contributed by atoms with Crippen molar-refractivity contribution in [2.75, 3.05) is 33.4 Å². The highest BCUT2D eigenvalue weighted by Crippen LogP contribution is 2.38. The van der Waals surface area contributed by atoms with Crippen molar-refractivity contribution in [1.29, 1.82) is 0 Å². The zero-order valence-electron chi connectivity index (χ0n) is 10.8. The van der Waals surface area contributed by atoms with Crippen LogP contribution >= 0.6 is 0 Å². The van der Waals surface area contributed by atoms with Crippen LogP contribution in [0.4, 0.5) is 0 Å². The molecule has 1 aliphatic rings. The number of hydrogen-bond acceptors (Lipinski definition) is 4. The van der Waals surface area contributed by atoms with Crippen molar-refractivity contribution in [1.82, 2.24) is 4.90 Å². The van der Waals surface area contributed by atoms with Crippen LogP contribution in [0.2, 0.25) is 0 Å². The van der Waals surface area contributed by atoms with Crippen LogP contribution < -0.4 is 0 Å². The summed E-state index contributed by atoms with van der Waals surface area (Å²) in [4.78, 5) is 13.4. The van der Waals surface area contributed by atoms with Crippen molar-refractivity contribution < 1.29 is 19.7 Å². The molecule has 0 amide bonds. The summed E-state index contributed by atoms with van der Waals surface area (Å²) >= 11 is 0. The van der Waals surface area contributed by atoms with Gasteiger partial charge in [-0.3, -0.25) is 9.69 Å². The first-order valence-electron chi connectivity index (χ1n) is 6.05. The summed E-state index contributed by atoms with van der Waals surface area (Å²) in [5.41, 5.74) is -0.660. The molecular weight excluding hydrogens is 222 g/mol. The van der Waals surface area contributed by atoms with Crippen LogP contribution in [-0.2, 0) is 9.53 Å². The van der Waals surface area contributed by atoms with Crippen LogP contribution in [0.25, 0.3) is 0 Å². The van der Waals surface area contributed by atoms with Crippen LogP contribution in [0.1, 0.15) is 20.3 Å². The molecule has 2 N–H and O–H groups in total. The third kappa shape index (κ3) is 3.18. The van der Waals surface area contributed by atoms with Crippen molar-refractivity contribution in [3.63, 3.8) is 0 Å². The Labute approximate surface area is 102 Å². The number of carbonyl (C=O) groups is 1. The number of carboxylic acids is 1. The summed E-state index contributed by atoms with van der Waals surface area (Å²) in [6.07, 6.45) is 0.108. The Balaban J connectivity index is 2.58. The van der Waals surface area contributed by atoms with Crippen molar-refractivity contribution in [2.45, 2.75) is 26.4 Å². The van der Waals surface area contributed by atoms with E-state index in [4.69, 9.17) is 4.74 Å². The number of aliphatic carboxylic acids is 1. The summed E-state index contributed by atoms with van der Waals surface area (Å²) in [5.74, 6) is -0.624. The minimum atomic E-state index is -0.726. The number of methoxy groups -OCH3 is 1. The number of aliphatic hydroxyl groups is 1. The van der Waals surface area contributed by atoms with Gasteiger partial charge in [0, 0.05) is 20.2 Å². The molecule has 1 heterocycles. The smallest absolute Gasteiger partial charge is 0.311 e. The molecule has 0 radical (unpaired) electrons. The lowest BCUT2D eigenvalue weighted by molar-refractivity contribution is -0.151. The zero-order valence-corrected chi connectivity index (χ0v) is 10.8. The molecule has 100 valence electrons. The van der Waals surface area contributed by atoms with Gasteiger partial charge in [-0.15, -0.1) is 0 Å². The minimum Gasteiger partial charge on any atom is -0.481 e. The van der Waals surface area contributed by atoms with Crippen LogP contribution in [-0.4, -0.2) is 60.5 Å². The van der Waals surface area contributed by atoms with Crippen molar-refractivity contribution in [3.05, 3.63) is 0 Å². The van der Waals surface area contributed by atoms with E-state index in [1.165, 1.54) is 0 Å². The molecule has 0 aromatic rings. The lowest BCUT2D eigenvalue weighted by atomic mass is 9.76. The highest BCUT2D eigenvalue weighted by Gasteiger charge is 2.47. The van der Waals surface area contributed by atoms with E-state index in [1.54, 1.807) is 7.11 Å². The molecule has 2 atom stereocenters. The molecule has 1 aliphatic heterocycles. The van der Waals surface area contributed by atoms with Crippen molar-refractivity contribution >= 4 is 5.97 Å². The number of β-amino-alcohol motifs (C(OH)–C–C–N with tert-alkyl or cyclic N) is 1. The molecule has 5 heteroatoms. The van der Waals surface area contributed by atoms with Crippen LogP contribution in [0.15, 0.2) is 0 Å². The van der Waals surface area contributed by atoms with Gasteiger partial charge in [0.2, 0.25) is 0 Å². The van der Waals surface area contributed by atoms with Gasteiger partial charge in [0.05, 0.1) is 18.1 Å². The Morgan fingerprint density at radius 2 is 2.18 bits per heavy atom. The maximum atomic E-state index is 11.4. The first-order chi connectivity index (χ1) is 7.92. The van der Waals surface area contributed by atoms with Gasteiger partial charge in [-0.25, -0.2) is 0 Å². The van der Waals surface area contributed by atoms with Crippen LogP contribution in [0.5, 0.6) is 0 Å². The van der Waals surface area contributed by atoms with Gasteiger partial charge >= 0.3 is 5.97 Å². The lowest BCUT2D eigenvalue weighted by Gasteiger charge is -2.29. The largest absolute Gasteiger partial charge is 0.481 e. The zero-order chi connectivity index (χ0) is 13.1. The second-order valence-electron chi connectivity index (χ2n) is 5.21. The molecular formula is C12H23NO4. The van der Waals surface area contributed by atoms with Gasteiger partial charge in [0.15, 0.2) is 0 Å². The molecule has 0 aromatic carbocycles. The second-order valence-corrected chi connectivity index (χ2v) is 5.21. The number of ether oxygens (including phenoxy) is 1. The van der Waals surface area contributed by atoms with Gasteiger partial charge in [-0.05, 0) is 18.9 Å². The molecule has 0 bridgehead atoms. The Hall–Kier alpha value is -0.650. The standard InChI is InChI=1S/C12H23NO4/c1-9(2)12(11(15)16)4-5-13(8-12)6-10(14)7-17-3/h9-10,14H,4-8H2,1-3H3,(H,15,16). The normalized spacial score (nSPS) is 27.6. The van der Waals surface area contributed by atoms with Crippen molar-refractivity contribution in [2.24, 2.45) is 11.3 Å². The molecule has 1 rings (SSSR count). The van der Waals surface area contributed by atoms with E-state index < -0.39 is 17.5 Å². The number of hydrogen-bond donors (Lipinski definition) is 2. The van der Waals surface area contributed by atoms with Gasteiger partial charge in [-0.2, -0.15) is 0 Å². The molecule has 1 saturated heterocycles. The van der Waals surface area contributed by atoms with E-state index in [0.29, 0.717) is 19.5 Å². The predicted molar refractivity (Wildman–Crippen MR) is 63.8 cm³/mol. The monoisotopic (exact) mass is 245 g/mol. The highest BCUT2D eigenvalue weighted by atomic mass is 16.5. The Kier molecular flexibility index (Phi) is 4.91. The summed E-state index contributed by atoms with van der Waals surface area (Å²) in [7, 11) is 1.54. The van der Waals surface area contributed by atoms with Crippen molar-refractivity contribution in [3.8, 4) is 0 Å². The van der Waals surface area contributed by atoms with E-state index in [9.17, 15) is 15.0 Å². The topological polar surface area (TPSA) is 70.0 Å². The first-order valence-corrected chi connectivity index (χ1v) is 6.05. The number of nitrogens with zero attached hydrogens (tertiary/aromatic N) is 1. The third-order valence-electron chi connectivity index (χ3n) is 3.74. The Morgan fingerprint density at radius 3 is 2.59 bits per heavy atom. The van der Waals surface area contributed by atoms with Gasteiger partial charge < -0.3 is 14.9 Å². The van der Waals surface area contributed by atoms with E-state index in [1.807, 2.05) is 18.7 Å². The number of aliphatic hydroxyl groups excluding tert-OH is 1. The average molecular weight is 245 g/mol. The molecule has 0 aliphatic carbocycles. The molecule has 0 saturated carbocycles. The summed E-state index contributed by atoms with van der Waals surface area (Å²) in [6.45, 7) is 5.91. The highest BCUT2D eigenvalue weighted by molar-refractivity contribution is 5.75. The van der Waals surface area contributed by atoms with E-state index >= 15 is 0 Å². The van der Waals surface area contributed by atoms with Gasteiger partial charge in [0.1, 0.15) is 0 Å². The maximum Gasteiger partial charge on any atom is 0.311 e. The molecule has 0 spiro atoms. The fourth-order valence-corrected chi connectivity index (χ4v) is 2.51. The fourth-order valence-electron chi connectivity index (χ4n) is 2.51. The van der Waals surface area contributed by atoms with Gasteiger partial charge in [-0.1, -0.05) is 13.8 Å². The number of rotatable bonds is 6. The SMILES string of the molecule is COCC(O)CN1CCC(C(=O)O)(C(C)C)C1. The second kappa shape index (κ2) is 5.80. The number of carboxylic acid groups (broad SMARTS) is 1. The Bertz CT molecular complexity index is 269. The molecule has 2 unspecified atom stereocenters. The first kappa shape index (κ1) is 14.4. The summed E-state index contributed by atoms with van der Waals surface area (Å²) in [6, 6.07) is 0. The lowest BCUT2D eigenvalue weighted by Crippen LogP contribution is -2.41. The minimum absolute atomic E-state index is 0.101. The summed E-state index contributed by atoms with van der Waals surface area (Å²) in [5, 5.41) is 19.0. The number of likely N-dealkylation sites (tertiary alicyclic amines) is 1. The third-order valence-corrected chi connectivity index (χ3v) is 3.74. The van der Waals surface area contributed by atoms with E-state index in [2.05, 4.69) is 0 Å². The molecule has 5 nitrogen and oxygen atoms in total. The predicted octanol–water partition coefficient (Wildman–Crippen LogP) is 0.426. The van der Waals surface area contributed by atoms with Gasteiger partial charge in [0.25, 0.3) is 0 Å². The maximum absolute atomic E-state index is 11.4. The van der Waals surface area contributed by atoms with Crippen LogP contribution in [0, 0.1) is 11.3 Å². The fraction of sp³-hybridized carbons (Fsp3) is 0.917.